The van der Waals surface area contributed by atoms with Gasteiger partial charge in [0.25, 0.3) is 0 Å². The van der Waals surface area contributed by atoms with Gasteiger partial charge in [0.1, 0.15) is 23.1 Å². The topological polar surface area (TPSA) is 145 Å². The van der Waals surface area contributed by atoms with Crippen LogP contribution in [-0.2, 0) is 12.7 Å². The Kier molecular flexibility index (Phi) is 6.27. The van der Waals surface area contributed by atoms with Crippen LogP contribution in [-0.4, -0.2) is 56.5 Å². The highest BCUT2D eigenvalue weighted by molar-refractivity contribution is 5.85. The lowest BCUT2D eigenvalue weighted by Crippen LogP contribution is -2.08. The molecule has 0 saturated heterocycles. The number of nitrogens with zero attached hydrogens (tertiary/aromatic N) is 9. The van der Waals surface area contributed by atoms with E-state index in [9.17, 15) is 13.2 Å². The molecule has 5 aromatic heterocycles. The Balaban J connectivity index is 1.29. The number of hydrogen-bond donors (Lipinski definition) is 2. The maximum absolute atomic E-state index is 13.3. The smallest absolute Gasteiger partial charge is 0.434 e. The van der Waals surface area contributed by atoms with Crippen LogP contribution in [0.4, 0.5) is 19.0 Å². The molecule has 0 radical (unpaired) electrons. The highest BCUT2D eigenvalue weighted by Gasteiger charge is 2.35. The molecule has 2 N–H and O–H groups in total. The van der Waals surface area contributed by atoms with Crippen LogP contribution in [0.1, 0.15) is 55.7 Å². The highest BCUT2D eigenvalue weighted by atomic mass is 19.4. The molecule has 0 aromatic carbocycles. The number of nitrogens with one attached hydrogen (secondary N) is 2. The molecule has 6 rings (SSSR count). The van der Waals surface area contributed by atoms with Crippen molar-refractivity contribution in [3.63, 3.8) is 0 Å². The van der Waals surface area contributed by atoms with Gasteiger partial charge in [-0.3, -0.25) is 4.98 Å². The molecule has 0 unspecified atom stereocenters. The Hall–Kier alpha value is -4.69. The number of methoxy groups -OCH3 is 1. The largest absolute Gasteiger partial charge is 0.480 e. The summed E-state index contributed by atoms with van der Waals surface area (Å²) in [5.41, 5.74) is 2.30. The number of aromatic nitrogens is 10. The first-order chi connectivity index (χ1) is 19.2. The SMILES string of the molecule is COc1ncnc(C2CC2)c1-c1nc(NCc2cnc(-c3nc(C(F)(F)F)cn3C(C)C)cn2)c2[nH]cnc2n1. The quantitative estimate of drug-likeness (QED) is 0.281. The second-order valence-electron chi connectivity index (χ2n) is 9.61. The van der Waals surface area contributed by atoms with Gasteiger partial charge >= 0.3 is 6.18 Å². The number of aromatic amines is 1. The van der Waals surface area contributed by atoms with Crippen molar-refractivity contribution in [3.05, 3.63) is 48.3 Å². The summed E-state index contributed by atoms with van der Waals surface area (Å²) in [6.07, 6.45) is 4.36. The molecular formula is C25H24F3N11O. The summed E-state index contributed by atoms with van der Waals surface area (Å²) in [6.45, 7) is 3.77. The summed E-state index contributed by atoms with van der Waals surface area (Å²) in [5.74, 6) is 1.63. The fourth-order valence-corrected chi connectivity index (χ4v) is 4.34. The molecule has 12 nitrogen and oxygen atoms in total. The minimum atomic E-state index is -4.56. The summed E-state index contributed by atoms with van der Waals surface area (Å²) >= 11 is 0. The van der Waals surface area contributed by atoms with Crippen LogP contribution >= 0.6 is 0 Å². The third-order valence-electron chi connectivity index (χ3n) is 6.46. The monoisotopic (exact) mass is 551 g/mol. The van der Waals surface area contributed by atoms with Crippen LogP contribution in [0.25, 0.3) is 34.1 Å². The van der Waals surface area contributed by atoms with Crippen LogP contribution < -0.4 is 10.1 Å². The van der Waals surface area contributed by atoms with Gasteiger partial charge in [-0.05, 0) is 26.7 Å². The number of fused-ring (bicyclic) bond motifs is 1. The first kappa shape index (κ1) is 25.6. The maximum Gasteiger partial charge on any atom is 0.434 e. The van der Waals surface area contributed by atoms with Gasteiger partial charge in [-0.15, -0.1) is 0 Å². The molecule has 1 saturated carbocycles. The molecule has 0 aliphatic heterocycles. The van der Waals surface area contributed by atoms with Gasteiger partial charge in [-0.25, -0.2) is 34.9 Å². The van der Waals surface area contributed by atoms with Gasteiger partial charge in [0.05, 0.1) is 43.8 Å². The fraction of sp³-hybridized carbons (Fsp3) is 0.360. The van der Waals surface area contributed by atoms with Gasteiger partial charge in [-0.1, -0.05) is 0 Å². The third kappa shape index (κ3) is 4.78. The standard InChI is InChI=1S/C25H24F3N11O/c1-12(2)39-9-16(25(26,27)28)36-23(39)15-8-29-14(6-30-15)7-31-21-19-22(34-10-33-19)38-20(37-21)17-18(13-4-5-13)32-11-35-24(17)40-3/h6,8-13H,4-5,7H2,1-3H3,(H2,31,33,34,37,38). The molecule has 15 heteroatoms. The van der Waals surface area contributed by atoms with Gasteiger partial charge in [0, 0.05) is 18.2 Å². The van der Waals surface area contributed by atoms with E-state index in [1.54, 1.807) is 13.8 Å². The lowest BCUT2D eigenvalue weighted by atomic mass is 10.1. The third-order valence-corrected chi connectivity index (χ3v) is 6.46. The summed E-state index contributed by atoms with van der Waals surface area (Å²) in [7, 11) is 1.54. The Morgan fingerprint density at radius 2 is 1.90 bits per heavy atom. The number of ether oxygens (including phenoxy) is 1. The number of anilines is 1. The normalized spacial score (nSPS) is 13.8. The second kappa shape index (κ2) is 9.81. The van der Waals surface area contributed by atoms with Gasteiger partial charge in [-0.2, -0.15) is 13.2 Å². The summed E-state index contributed by atoms with van der Waals surface area (Å²) in [5, 5.41) is 3.24. The predicted molar refractivity (Wildman–Crippen MR) is 137 cm³/mol. The average Bonchev–Trinajstić information content (AvgIpc) is 3.48. The van der Waals surface area contributed by atoms with Crippen molar-refractivity contribution < 1.29 is 17.9 Å². The molecule has 40 heavy (non-hydrogen) atoms. The second-order valence-corrected chi connectivity index (χ2v) is 9.61. The van der Waals surface area contributed by atoms with Crippen molar-refractivity contribution in [1.82, 2.24) is 49.4 Å². The zero-order valence-electron chi connectivity index (χ0n) is 21.7. The first-order valence-corrected chi connectivity index (χ1v) is 12.5. The Bertz CT molecular complexity index is 1670. The molecule has 1 fully saturated rings. The number of alkyl halides is 3. The molecule has 0 amide bonds. The number of hydrogen-bond acceptors (Lipinski definition) is 10. The van der Waals surface area contributed by atoms with Gasteiger partial charge in [0.2, 0.25) is 5.88 Å². The van der Waals surface area contributed by atoms with Crippen molar-refractivity contribution in [2.75, 3.05) is 12.4 Å². The number of H-pyrrole nitrogens is 1. The van der Waals surface area contributed by atoms with Crippen LogP contribution in [0.2, 0.25) is 0 Å². The fourth-order valence-electron chi connectivity index (χ4n) is 4.34. The molecule has 5 heterocycles. The van der Waals surface area contributed by atoms with E-state index in [2.05, 4.69) is 45.2 Å². The number of imidazole rings is 2. The van der Waals surface area contributed by atoms with E-state index in [0.29, 0.717) is 45.9 Å². The van der Waals surface area contributed by atoms with E-state index >= 15 is 0 Å². The van der Waals surface area contributed by atoms with Crippen LogP contribution in [0.3, 0.4) is 0 Å². The molecule has 0 atom stereocenters. The van der Waals surface area contributed by atoms with Crippen molar-refractivity contribution in [2.45, 2.75) is 51.4 Å². The number of halogens is 3. The zero-order chi connectivity index (χ0) is 28.0. The lowest BCUT2D eigenvalue weighted by Gasteiger charge is -2.13. The van der Waals surface area contributed by atoms with E-state index in [1.807, 2.05) is 0 Å². The summed E-state index contributed by atoms with van der Waals surface area (Å²) in [6, 6.07) is -0.250. The molecule has 206 valence electrons. The minimum Gasteiger partial charge on any atom is -0.480 e. The van der Waals surface area contributed by atoms with E-state index in [1.165, 1.54) is 36.7 Å². The van der Waals surface area contributed by atoms with Crippen LogP contribution in [0, 0.1) is 0 Å². The molecular weight excluding hydrogens is 527 g/mol. The van der Waals surface area contributed by atoms with Crippen LogP contribution in [0.15, 0.2) is 31.2 Å². The Morgan fingerprint density at radius 1 is 1.07 bits per heavy atom. The van der Waals surface area contributed by atoms with Crippen LogP contribution in [0.5, 0.6) is 5.88 Å². The van der Waals surface area contributed by atoms with E-state index in [-0.39, 0.29) is 24.1 Å². The van der Waals surface area contributed by atoms with Crippen molar-refractivity contribution in [3.8, 4) is 28.8 Å². The maximum atomic E-state index is 13.3. The van der Waals surface area contributed by atoms with E-state index < -0.39 is 11.9 Å². The first-order valence-electron chi connectivity index (χ1n) is 12.5. The Labute approximate surface area is 225 Å². The van der Waals surface area contributed by atoms with Crippen molar-refractivity contribution in [2.24, 2.45) is 0 Å². The molecule has 5 aromatic rings. The summed E-state index contributed by atoms with van der Waals surface area (Å²) < 4.78 is 46.7. The lowest BCUT2D eigenvalue weighted by molar-refractivity contribution is -0.140. The summed E-state index contributed by atoms with van der Waals surface area (Å²) in [4.78, 5) is 37.9. The zero-order valence-corrected chi connectivity index (χ0v) is 21.7. The van der Waals surface area contributed by atoms with Crippen molar-refractivity contribution in [1.29, 1.82) is 0 Å². The molecule has 0 bridgehead atoms. The molecule has 1 aliphatic carbocycles. The average molecular weight is 552 g/mol. The van der Waals surface area contributed by atoms with Crippen molar-refractivity contribution >= 4 is 17.0 Å². The van der Waals surface area contributed by atoms with Gasteiger partial charge < -0.3 is 19.6 Å². The molecule has 1 aliphatic rings. The Morgan fingerprint density at radius 3 is 2.58 bits per heavy atom. The van der Waals surface area contributed by atoms with E-state index in [0.717, 1.165) is 24.7 Å². The molecule has 0 spiro atoms. The van der Waals surface area contributed by atoms with E-state index in [4.69, 9.17) is 9.72 Å². The van der Waals surface area contributed by atoms with Gasteiger partial charge in [0.15, 0.2) is 28.8 Å². The number of rotatable bonds is 8. The predicted octanol–water partition coefficient (Wildman–Crippen LogP) is 4.56. The minimum absolute atomic E-state index is 0.0967. The highest BCUT2D eigenvalue weighted by Crippen LogP contribution is 2.45.